The Hall–Kier alpha value is -0.120. The highest BCUT2D eigenvalue weighted by atomic mass is 16.7. The van der Waals surface area contributed by atoms with Crippen LogP contribution in [0.4, 0.5) is 0 Å². The van der Waals surface area contributed by atoms with Crippen molar-refractivity contribution >= 4 is 0 Å². The zero-order valence-corrected chi connectivity index (χ0v) is 11.1. The largest absolute Gasteiger partial charge is 0.348 e. The van der Waals surface area contributed by atoms with E-state index < -0.39 is 5.79 Å². The van der Waals surface area contributed by atoms with Gasteiger partial charge in [-0.1, -0.05) is 0 Å². The van der Waals surface area contributed by atoms with Gasteiger partial charge in [0.25, 0.3) is 0 Å². The van der Waals surface area contributed by atoms with Crippen LogP contribution in [0.2, 0.25) is 0 Å². The van der Waals surface area contributed by atoms with E-state index in [1.807, 2.05) is 0 Å². The topological polar surface area (TPSA) is 44.5 Å². The Kier molecular flexibility index (Phi) is 2.72. The van der Waals surface area contributed by atoms with E-state index in [4.69, 9.17) is 15.2 Å². The van der Waals surface area contributed by atoms with Gasteiger partial charge >= 0.3 is 0 Å². The Balaban J connectivity index is 1.63. The van der Waals surface area contributed by atoms with Crippen molar-refractivity contribution in [2.75, 3.05) is 19.8 Å². The summed E-state index contributed by atoms with van der Waals surface area (Å²) in [4.78, 5) is 0. The van der Waals surface area contributed by atoms with Gasteiger partial charge in [0.2, 0.25) is 0 Å². The molecular weight excluding hydrogens is 226 g/mol. The highest BCUT2D eigenvalue weighted by molar-refractivity contribution is 5.03. The van der Waals surface area contributed by atoms with Crippen LogP contribution in [0.15, 0.2) is 0 Å². The van der Waals surface area contributed by atoms with Crippen molar-refractivity contribution in [3.63, 3.8) is 0 Å². The van der Waals surface area contributed by atoms with Gasteiger partial charge in [-0.15, -0.1) is 0 Å². The summed E-state index contributed by atoms with van der Waals surface area (Å²) in [6, 6.07) is 0. The lowest BCUT2D eigenvalue weighted by Crippen LogP contribution is -2.61. The average Bonchev–Trinajstić information content (AvgIpc) is 2.38. The van der Waals surface area contributed by atoms with E-state index in [2.05, 4.69) is 0 Å². The fourth-order valence-corrected chi connectivity index (χ4v) is 5.68. The fraction of sp³-hybridized carbons (Fsp3) is 1.00. The van der Waals surface area contributed by atoms with E-state index in [0.717, 1.165) is 43.3 Å². The second-order valence-corrected chi connectivity index (χ2v) is 7.02. The van der Waals surface area contributed by atoms with Crippen LogP contribution in [-0.2, 0) is 9.47 Å². The van der Waals surface area contributed by atoms with Gasteiger partial charge in [0.1, 0.15) is 0 Å². The highest BCUT2D eigenvalue weighted by Crippen LogP contribution is 2.59. The molecule has 0 amide bonds. The summed E-state index contributed by atoms with van der Waals surface area (Å²) < 4.78 is 12.2. The van der Waals surface area contributed by atoms with E-state index in [9.17, 15) is 0 Å². The van der Waals surface area contributed by atoms with E-state index in [0.29, 0.717) is 12.5 Å². The standard InChI is InChI=1S/C15H25NO2/c16-9-15(17-2-1-3-18-15)14-12-5-10-4-11(7-12)8-13(14)6-10/h10-14H,1-9,16H2. The van der Waals surface area contributed by atoms with E-state index >= 15 is 0 Å². The van der Waals surface area contributed by atoms with Crippen molar-refractivity contribution < 1.29 is 9.47 Å². The molecule has 5 aliphatic rings. The quantitative estimate of drug-likeness (QED) is 0.818. The Labute approximate surface area is 109 Å². The first-order chi connectivity index (χ1) is 8.81. The fourth-order valence-electron chi connectivity index (χ4n) is 5.68. The molecule has 0 aromatic rings. The van der Waals surface area contributed by atoms with E-state index in [1.54, 1.807) is 0 Å². The molecule has 0 spiro atoms. The third-order valence-corrected chi connectivity index (χ3v) is 6.00. The lowest BCUT2D eigenvalue weighted by Gasteiger charge is -2.59. The summed E-state index contributed by atoms with van der Waals surface area (Å²) >= 11 is 0. The van der Waals surface area contributed by atoms with Crippen LogP contribution in [0.5, 0.6) is 0 Å². The lowest BCUT2D eigenvalue weighted by atomic mass is 9.50. The first-order valence-corrected chi connectivity index (χ1v) is 7.79. The summed E-state index contributed by atoms with van der Waals surface area (Å²) in [5, 5.41) is 0. The third-order valence-electron chi connectivity index (χ3n) is 6.00. The number of rotatable bonds is 2. The molecule has 0 aromatic carbocycles. The second-order valence-electron chi connectivity index (χ2n) is 7.02. The number of nitrogens with two attached hydrogens (primary N) is 1. The summed E-state index contributed by atoms with van der Waals surface area (Å²) in [5.41, 5.74) is 6.07. The minimum Gasteiger partial charge on any atom is -0.348 e. The molecule has 1 saturated heterocycles. The first kappa shape index (κ1) is 11.7. The molecule has 3 nitrogen and oxygen atoms in total. The maximum Gasteiger partial charge on any atom is 0.183 e. The Morgan fingerprint density at radius 2 is 1.44 bits per heavy atom. The molecule has 4 aliphatic carbocycles. The lowest BCUT2D eigenvalue weighted by molar-refractivity contribution is -0.319. The van der Waals surface area contributed by atoms with Crippen LogP contribution in [0.1, 0.15) is 38.5 Å². The van der Waals surface area contributed by atoms with Crippen LogP contribution in [0.25, 0.3) is 0 Å². The van der Waals surface area contributed by atoms with Gasteiger partial charge < -0.3 is 15.2 Å². The Morgan fingerprint density at radius 3 is 1.94 bits per heavy atom. The van der Waals surface area contributed by atoms with Gasteiger partial charge in [0.05, 0.1) is 13.2 Å². The molecule has 0 aromatic heterocycles. The molecule has 1 aliphatic heterocycles. The number of hydrogen-bond donors (Lipinski definition) is 1. The van der Waals surface area contributed by atoms with Gasteiger partial charge in [-0.25, -0.2) is 0 Å². The minimum absolute atomic E-state index is 0.430. The van der Waals surface area contributed by atoms with Crippen LogP contribution in [0, 0.1) is 29.6 Å². The van der Waals surface area contributed by atoms with Gasteiger partial charge in [-0.3, -0.25) is 0 Å². The van der Waals surface area contributed by atoms with Crippen LogP contribution in [-0.4, -0.2) is 25.5 Å². The summed E-state index contributed by atoms with van der Waals surface area (Å²) in [7, 11) is 0. The molecule has 102 valence electrons. The van der Waals surface area contributed by atoms with E-state index in [-0.39, 0.29) is 0 Å². The highest BCUT2D eigenvalue weighted by Gasteiger charge is 2.57. The Bertz CT molecular complexity index is 296. The van der Waals surface area contributed by atoms with Crippen LogP contribution in [0.3, 0.4) is 0 Å². The molecular formula is C15H25NO2. The molecule has 5 fully saturated rings. The van der Waals surface area contributed by atoms with Crippen LogP contribution >= 0.6 is 0 Å². The van der Waals surface area contributed by atoms with Gasteiger partial charge in [-0.05, 0) is 62.2 Å². The molecule has 0 radical (unpaired) electrons. The SMILES string of the molecule is NCC1(C2C3CC4CC(C3)CC2C4)OCCCO1. The van der Waals surface area contributed by atoms with Crippen molar-refractivity contribution in [1.82, 2.24) is 0 Å². The summed E-state index contributed by atoms with van der Waals surface area (Å²) in [6.07, 6.45) is 8.16. The molecule has 18 heavy (non-hydrogen) atoms. The third kappa shape index (κ3) is 1.60. The van der Waals surface area contributed by atoms with Gasteiger partial charge in [0, 0.05) is 12.5 Å². The molecule has 2 N–H and O–H groups in total. The molecule has 3 heteroatoms. The van der Waals surface area contributed by atoms with Gasteiger partial charge in [0.15, 0.2) is 5.79 Å². The first-order valence-electron chi connectivity index (χ1n) is 7.79. The minimum atomic E-state index is -0.430. The summed E-state index contributed by atoms with van der Waals surface area (Å²) in [6.45, 7) is 2.21. The van der Waals surface area contributed by atoms with Gasteiger partial charge in [-0.2, -0.15) is 0 Å². The van der Waals surface area contributed by atoms with Crippen molar-refractivity contribution in [1.29, 1.82) is 0 Å². The number of ether oxygens (including phenoxy) is 2. The smallest absolute Gasteiger partial charge is 0.183 e. The monoisotopic (exact) mass is 251 g/mol. The maximum absolute atomic E-state index is 6.09. The normalized spacial score (nSPS) is 49.5. The number of hydrogen-bond acceptors (Lipinski definition) is 3. The second kappa shape index (κ2) is 4.19. The van der Waals surface area contributed by atoms with E-state index in [1.165, 1.54) is 32.1 Å². The predicted octanol–water partition coefficient (Wildman–Crippen LogP) is 2.15. The molecule has 1 heterocycles. The van der Waals surface area contributed by atoms with Crippen molar-refractivity contribution in [2.24, 2.45) is 35.3 Å². The average molecular weight is 251 g/mol. The van der Waals surface area contributed by atoms with Crippen molar-refractivity contribution in [2.45, 2.75) is 44.3 Å². The zero-order valence-electron chi connectivity index (χ0n) is 11.1. The molecule has 0 atom stereocenters. The Morgan fingerprint density at radius 1 is 0.889 bits per heavy atom. The maximum atomic E-state index is 6.09. The predicted molar refractivity (Wildman–Crippen MR) is 68.8 cm³/mol. The van der Waals surface area contributed by atoms with Crippen LogP contribution < -0.4 is 5.73 Å². The molecule has 4 bridgehead atoms. The molecule has 4 saturated carbocycles. The zero-order chi connectivity index (χ0) is 12.2. The van der Waals surface area contributed by atoms with Crippen molar-refractivity contribution in [3.8, 4) is 0 Å². The molecule has 5 rings (SSSR count). The van der Waals surface area contributed by atoms with Crippen molar-refractivity contribution in [3.05, 3.63) is 0 Å². The molecule has 0 unspecified atom stereocenters. The summed E-state index contributed by atoms with van der Waals surface area (Å²) in [5.74, 6) is 3.80.